The molecule has 2 aliphatic rings. The van der Waals surface area contributed by atoms with Crippen LogP contribution in [0.25, 0.3) is 0 Å². The molecule has 3 rings (SSSR count). The zero-order valence-corrected chi connectivity index (χ0v) is 12.2. The minimum absolute atomic E-state index is 0.186. The molecule has 0 radical (unpaired) electrons. The average molecular weight is 295 g/mol. The third-order valence-electron chi connectivity index (χ3n) is 4.58. The fourth-order valence-electron chi connectivity index (χ4n) is 3.68. The number of alkyl halides is 1. The minimum Gasteiger partial charge on any atom is -0.418 e. The molecular weight excluding hydrogens is 276 g/mol. The van der Waals surface area contributed by atoms with Crippen LogP contribution >= 0.6 is 11.6 Å². The SMILES string of the molecule is O=C(OCCl)Oc1ccc2c(c1)C1CCCCC1CC2. The maximum atomic E-state index is 11.3. The lowest BCUT2D eigenvalue weighted by Gasteiger charge is -2.37. The van der Waals surface area contributed by atoms with Crippen LogP contribution in [-0.2, 0) is 11.2 Å². The third kappa shape index (κ3) is 2.78. The van der Waals surface area contributed by atoms with E-state index >= 15 is 0 Å². The lowest BCUT2D eigenvalue weighted by Crippen LogP contribution is -2.24. The molecule has 0 bridgehead atoms. The van der Waals surface area contributed by atoms with Crippen molar-refractivity contribution in [3.8, 4) is 5.75 Å². The number of carbonyl (C=O) groups excluding carboxylic acids is 1. The normalized spacial score (nSPS) is 24.4. The largest absolute Gasteiger partial charge is 0.515 e. The Kier molecular flexibility index (Phi) is 4.16. The molecule has 0 aromatic heterocycles. The van der Waals surface area contributed by atoms with Gasteiger partial charge in [-0.25, -0.2) is 4.79 Å². The molecule has 1 saturated carbocycles. The molecule has 0 heterocycles. The van der Waals surface area contributed by atoms with Crippen LogP contribution in [-0.4, -0.2) is 12.2 Å². The first-order valence-corrected chi connectivity index (χ1v) is 7.85. The van der Waals surface area contributed by atoms with Crippen molar-refractivity contribution in [3.05, 3.63) is 29.3 Å². The summed E-state index contributed by atoms with van der Waals surface area (Å²) in [5, 5.41) is 0. The molecule has 2 unspecified atom stereocenters. The number of fused-ring (bicyclic) bond motifs is 3. The molecule has 2 aliphatic carbocycles. The molecule has 1 aromatic rings. The lowest BCUT2D eigenvalue weighted by atomic mass is 9.68. The summed E-state index contributed by atoms with van der Waals surface area (Å²) in [5.74, 6) is 2.01. The predicted molar refractivity (Wildman–Crippen MR) is 77.3 cm³/mol. The van der Waals surface area contributed by atoms with E-state index in [2.05, 4.69) is 10.8 Å². The molecule has 20 heavy (non-hydrogen) atoms. The van der Waals surface area contributed by atoms with Crippen molar-refractivity contribution in [3.63, 3.8) is 0 Å². The number of halogens is 1. The summed E-state index contributed by atoms with van der Waals surface area (Å²) in [4.78, 5) is 11.3. The van der Waals surface area contributed by atoms with E-state index in [1.54, 1.807) is 0 Å². The third-order valence-corrected chi connectivity index (χ3v) is 4.69. The molecule has 0 aliphatic heterocycles. The van der Waals surface area contributed by atoms with Gasteiger partial charge in [-0.15, -0.1) is 0 Å². The standard InChI is InChI=1S/C16H19ClO3/c17-10-19-16(18)20-13-8-7-12-6-5-11-3-1-2-4-14(11)15(12)9-13/h7-9,11,14H,1-6,10H2. The number of hydrogen-bond donors (Lipinski definition) is 0. The van der Waals surface area contributed by atoms with Gasteiger partial charge in [0.05, 0.1) is 0 Å². The first-order valence-electron chi connectivity index (χ1n) is 7.31. The molecule has 0 spiro atoms. The van der Waals surface area contributed by atoms with Crippen LogP contribution < -0.4 is 4.74 Å². The molecule has 4 heteroatoms. The summed E-state index contributed by atoms with van der Waals surface area (Å²) in [5.41, 5.74) is 2.78. The van der Waals surface area contributed by atoms with E-state index in [-0.39, 0.29) is 6.07 Å². The quantitative estimate of drug-likeness (QED) is 0.453. The van der Waals surface area contributed by atoms with Crippen molar-refractivity contribution in [2.45, 2.75) is 44.4 Å². The first-order chi connectivity index (χ1) is 9.78. The Bertz CT molecular complexity index is 500. The number of benzene rings is 1. The van der Waals surface area contributed by atoms with Gasteiger partial charge in [0, 0.05) is 0 Å². The number of aryl methyl sites for hydroxylation is 1. The van der Waals surface area contributed by atoms with E-state index in [4.69, 9.17) is 16.3 Å². The van der Waals surface area contributed by atoms with Crippen LogP contribution in [0.1, 0.15) is 49.1 Å². The van der Waals surface area contributed by atoms with Gasteiger partial charge in [-0.1, -0.05) is 30.5 Å². The predicted octanol–water partition coefficient (Wildman–Crippen LogP) is 4.62. The highest BCUT2D eigenvalue weighted by atomic mass is 35.5. The van der Waals surface area contributed by atoms with Crippen LogP contribution in [0.2, 0.25) is 0 Å². The van der Waals surface area contributed by atoms with Gasteiger partial charge in [-0.3, -0.25) is 0 Å². The van der Waals surface area contributed by atoms with Crippen molar-refractivity contribution in [1.29, 1.82) is 0 Å². The average Bonchev–Trinajstić information content (AvgIpc) is 2.47. The fourth-order valence-corrected chi connectivity index (χ4v) is 3.77. The highest BCUT2D eigenvalue weighted by Crippen LogP contribution is 2.45. The molecule has 0 amide bonds. The Morgan fingerprint density at radius 3 is 2.95 bits per heavy atom. The molecule has 1 fully saturated rings. The van der Waals surface area contributed by atoms with Gasteiger partial charge in [0.25, 0.3) is 0 Å². The van der Waals surface area contributed by atoms with Crippen LogP contribution in [0, 0.1) is 5.92 Å². The monoisotopic (exact) mass is 294 g/mol. The number of rotatable bonds is 2. The van der Waals surface area contributed by atoms with E-state index in [0.29, 0.717) is 11.7 Å². The van der Waals surface area contributed by atoms with E-state index < -0.39 is 6.16 Å². The van der Waals surface area contributed by atoms with E-state index in [0.717, 1.165) is 12.3 Å². The van der Waals surface area contributed by atoms with E-state index in [1.807, 2.05) is 12.1 Å². The first kappa shape index (κ1) is 13.7. The lowest BCUT2D eigenvalue weighted by molar-refractivity contribution is 0.115. The topological polar surface area (TPSA) is 35.5 Å². The van der Waals surface area contributed by atoms with Gasteiger partial charge >= 0.3 is 6.16 Å². The molecule has 3 nitrogen and oxygen atoms in total. The van der Waals surface area contributed by atoms with Crippen LogP contribution in [0.4, 0.5) is 4.79 Å². The van der Waals surface area contributed by atoms with Crippen molar-refractivity contribution in [2.24, 2.45) is 5.92 Å². The Morgan fingerprint density at radius 2 is 2.10 bits per heavy atom. The van der Waals surface area contributed by atoms with Gasteiger partial charge in [0.1, 0.15) is 5.75 Å². The molecule has 0 saturated heterocycles. The second-order valence-electron chi connectivity index (χ2n) is 5.66. The molecular formula is C16H19ClO3. The second-order valence-corrected chi connectivity index (χ2v) is 5.87. The molecule has 108 valence electrons. The van der Waals surface area contributed by atoms with Gasteiger partial charge in [0.2, 0.25) is 0 Å². The maximum Gasteiger partial charge on any atom is 0.515 e. The number of hydrogen-bond acceptors (Lipinski definition) is 3. The van der Waals surface area contributed by atoms with E-state index in [9.17, 15) is 4.79 Å². The maximum absolute atomic E-state index is 11.3. The Balaban J connectivity index is 1.81. The Labute approximate surface area is 124 Å². The Hall–Kier alpha value is -1.22. The van der Waals surface area contributed by atoms with Crippen molar-refractivity contribution < 1.29 is 14.3 Å². The van der Waals surface area contributed by atoms with E-state index in [1.165, 1.54) is 43.2 Å². The zero-order chi connectivity index (χ0) is 13.9. The van der Waals surface area contributed by atoms with Crippen LogP contribution in [0.3, 0.4) is 0 Å². The number of ether oxygens (including phenoxy) is 2. The summed E-state index contributed by atoms with van der Waals surface area (Å²) in [6.45, 7) is 0. The van der Waals surface area contributed by atoms with Crippen molar-refractivity contribution >= 4 is 17.8 Å². The highest BCUT2D eigenvalue weighted by Gasteiger charge is 2.31. The van der Waals surface area contributed by atoms with Gasteiger partial charge in [-0.2, -0.15) is 0 Å². The highest BCUT2D eigenvalue weighted by molar-refractivity contribution is 6.17. The summed E-state index contributed by atoms with van der Waals surface area (Å²) in [7, 11) is 0. The van der Waals surface area contributed by atoms with Crippen LogP contribution in [0.15, 0.2) is 18.2 Å². The van der Waals surface area contributed by atoms with Gasteiger partial charge in [-0.05, 0) is 60.8 Å². The fraction of sp³-hybridized carbons (Fsp3) is 0.562. The van der Waals surface area contributed by atoms with Crippen molar-refractivity contribution in [1.82, 2.24) is 0 Å². The van der Waals surface area contributed by atoms with Crippen LogP contribution in [0.5, 0.6) is 5.75 Å². The van der Waals surface area contributed by atoms with Gasteiger partial charge < -0.3 is 9.47 Å². The van der Waals surface area contributed by atoms with Crippen molar-refractivity contribution in [2.75, 3.05) is 6.07 Å². The zero-order valence-electron chi connectivity index (χ0n) is 11.4. The molecule has 1 aromatic carbocycles. The summed E-state index contributed by atoms with van der Waals surface area (Å²) >= 11 is 5.35. The summed E-state index contributed by atoms with van der Waals surface area (Å²) in [6, 6.07) is 5.77. The minimum atomic E-state index is -0.740. The smallest absolute Gasteiger partial charge is 0.418 e. The molecule has 2 atom stereocenters. The summed E-state index contributed by atoms with van der Waals surface area (Å²) in [6.07, 6.45) is 6.96. The number of carbonyl (C=O) groups is 1. The molecule has 0 N–H and O–H groups in total. The second kappa shape index (κ2) is 6.04. The Morgan fingerprint density at radius 1 is 1.25 bits per heavy atom. The van der Waals surface area contributed by atoms with Gasteiger partial charge in [0.15, 0.2) is 6.07 Å². The summed E-state index contributed by atoms with van der Waals surface area (Å²) < 4.78 is 9.76.